The third kappa shape index (κ3) is 6.31. The molecule has 32 heavy (non-hydrogen) atoms. The van der Waals surface area contributed by atoms with Crippen LogP contribution in [-0.2, 0) is 20.9 Å². The van der Waals surface area contributed by atoms with Crippen molar-refractivity contribution < 1.29 is 19.5 Å². The predicted molar refractivity (Wildman–Crippen MR) is 121 cm³/mol. The zero-order valence-corrected chi connectivity index (χ0v) is 18.5. The summed E-state index contributed by atoms with van der Waals surface area (Å²) in [4.78, 5) is 38.7. The number of nitrogens with one attached hydrogen (secondary N) is 2. The molecule has 1 aliphatic heterocycles. The Labute approximate surface area is 189 Å². The number of hydrogen-bond acceptors (Lipinski definition) is 4. The number of amidine groups is 1. The standard InChI is InChI=1S/C24H34N4O4/c25-22(26)18-8-6-17(7-9-18)15-27-23(31)20-12-13-28(20)24(32)19(10-11-21(29)30)14-16-4-2-1-3-5-16/h6-9,16,19-20H,1-5,10-15H2,(H3,25,26)(H,27,31)(H,29,30)/t19-,20+/m1/s1. The summed E-state index contributed by atoms with van der Waals surface area (Å²) in [6.45, 7) is 0.874. The first-order valence-electron chi connectivity index (χ1n) is 11.6. The molecular formula is C24H34N4O4. The largest absolute Gasteiger partial charge is 0.481 e. The van der Waals surface area contributed by atoms with E-state index in [1.165, 1.54) is 19.3 Å². The molecule has 1 saturated heterocycles. The topological polar surface area (TPSA) is 137 Å². The highest BCUT2D eigenvalue weighted by atomic mass is 16.4. The molecule has 2 fully saturated rings. The van der Waals surface area contributed by atoms with Gasteiger partial charge < -0.3 is 21.1 Å². The summed E-state index contributed by atoms with van der Waals surface area (Å²) in [5, 5.41) is 19.4. The van der Waals surface area contributed by atoms with Gasteiger partial charge in [0, 0.05) is 31.0 Å². The summed E-state index contributed by atoms with van der Waals surface area (Å²) in [5.41, 5.74) is 6.97. The van der Waals surface area contributed by atoms with E-state index in [0.717, 1.165) is 24.8 Å². The van der Waals surface area contributed by atoms with Crippen molar-refractivity contribution in [1.29, 1.82) is 5.41 Å². The van der Waals surface area contributed by atoms with Crippen molar-refractivity contribution in [3.05, 3.63) is 35.4 Å². The van der Waals surface area contributed by atoms with Crippen molar-refractivity contribution >= 4 is 23.6 Å². The number of nitrogens with zero attached hydrogens (tertiary/aromatic N) is 1. The van der Waals surface area contributed by atoms with Crippen molar-refractivity contribution in [2.45, 2.75) is 70.4 Å². The van der Waals surface area contributed by atoms with E-state index in [2.05, 4.69) is 5.32 Å². The van der Waals surface area contributed by atoms with Crippen LogP contribution in [0.3, 0.4) is 0 Å². The fourth-order valence-corrected chi connectivity index (χ4v) is 4.73. The first kappa shape index (κ1) is 23.8. The molecule has 0 bridgehead atoms. The minimum atomic E-state index is -0.889. The maximum absolute atomic E-state index is 13.2. The number of carboxylic acids is 1. The van der Waals surface area contributed by atoms with Gasteiger partial charge in [0.25, 0.3) is 0 Å². The highest BCUT2D eigenvalue weighted by Gasteiger charge is 2.40. The zero-order chi connectivity index (χ0) is 23.1. The average molecular weight is 443 g/mol. The van der Waals surface area contributed by atoms with Crippen LogP contribution in [0.15, 0.2) is 24.3 Å². The molecule has 0 spiro atoms. The van der Waals surface area contributed by atoms with E-state index in [9.17, 15) is 14.4 Å². The maximum Gasteiger partial charge on any atom is 0.303 e. The fraction of sp³-hybridized carbons (Fsp3) is 0.583. The Hall–Kier alpha value is -2.90. The van der Waals surface area contributed by atoms with E-state index >= 15 is 0 Å². The molecule has 1 saturated carbocycles. The van der Waals surface area contributed by atoms with Gasteiger partial charge in [-0.15, -0.1) is 0 Å². The molecular weight excluding hydrogens is 408 g/mol. The van der Waals surface area contributed by atoms with Gasteiger partial charge in [-0.2, -0.15) is 0 Å². The van der Waals surface area contributed by atoms with Crippen molar-refractivity contribution in [3.8, 4) is 0 Å². The number of rotatable bonds is 10. The Morgan fingerprint density at radius 2 is 1.81 bits per heavy atom. The minimum Gasteiger partial charge on any atom is -0.481 e. The molecule has 2 aliphatic rings. The number of carboxylic acid groups (broad SMARTS) is 1. The second kappa shape index (κ2) is 11.1. The summed E-state index contributed by atoms with van der Waals surface area (Å²) >= 11 is 0. The van der Waals surface area contributed by atoms with Crippen molar-refractivity contribution in [1.82, 2.24) is 10.2 Å². The lowest BCUT2D eigenvalue weighted by Gasteiger charge is -2.42. The molecule has 0 aromatic heterocycles. The van der Waals surface area contributed by atoms with Crippen molar-refractivity contribution in [2.75, 3.05) is 6.54 Å². The lowest BCUT2D eigenvalue weighted by atomic mass is 9.80. The zero-order valence-electron chi connectivity index (χ0n) is 18.5. The van der Waals surface area contributed by atoms with Gasteiger partial charge >= 0.3 is 5.97 Å². The number of nitrogens with two attached hydrogens (primary N) is 1. The first-order chi connectivity index (χ1) is 15.3. The molecule has 1 aromatic rings. The number of carbonyl (C=O) groups excluding carboxylic acids is 2. The first-order valence-corrected chi connectivity index (χ1v) is 11.6. The van der Waals surface area contributed by atoms with Gasteiger partial charge in [-0.05, 0) is 30.7 Å². The molecule has 2 amide bonds. The van der Waals surface area contributed by atoms with E-state index in [-0.39, 0.29) is 30.0 Å². The van der Waals surface area contributed by atoms with Crippen LogP contribution in [0.5, 0.6) is 0 Å². The molecule has 0 radical (unpaired) electrons. The third-order valence-corrected chi connectivity index (χ3v) is 6.74. The molecule has 1 aliphatic carbocycles. The summed E-state index contributed by atoms with van der Waals surface area (Å²) in [6.07, 6.45) is 7.43. The number of carbonyl (C=O) groups is 3. The van der Waals surface area contributed by atoms with Gasteiger partial charge in [0.2, 0.25) is 11.8 Å². The predicted octanol–water partition coefficient (Wildman–Crippen LogP) is 2.64. The number of hydrogen-bond donors (Lipinski definition) is 4. The Morgan fingerprint density at radius 1 is 1.12 bits per heavy atom. The lowest BCUT2D eigenvalue weighted by Crippen LogP contribution is -2.59. The number of nitrogen functional groups attached to an aromatic ring is 1. The monoisotopic (exact) mass is 442 g/mol. The van der Waals surface area contributed by atoms with Gasteiger partial charge in [0.15, 0.2) is 0 Å². The average Bonchev–Trinajstić information content (AvgIpc) is 2.75. The molecule has 0 unspecified atom stereocenters. The fourth-order valence-electron chi connectivity index (χ4n) is 4.73. The Kier molecular flexibility index (Phi) is 8.25. The van der Waals surface area contributed by atoms with Crippen molar-refractivity contribution in [3.63, 3.8) is 0 Å². The second-order valence-corrected chi connectivity index (χ2v) is 9.03. The summed E-state index contributed by atoms with van der Waals surface area (Å²) in [6, 6.07) is 6.61. The molecule has 1 aromatic carbocycles. The Balaban J connectivity index is 1.56. The quantitative estimate of drug-likeness (QED) is 0.326. The number of aliphatic carboxylic acids is 1. The van der Waals surface area contributed by atoms with Gasteiger partial charge in [0.05, 0.1) is 0 Å². The van der Waals surface area contributed by atoms with Crippen LogP contribution in [0.25, 0.3) is 0 Å². The van der Waals surface area contributed by atoms with Crippen LogP contribution in [-0.4, -0.2) is 46.2 Å². The molecule has 3 rings (SSSR count). The van der Waals surface area contributed by atoms with Crippen LogP contribution >= 0.6 is 0 Å². The lowest BCUT2D eigenvalue weighted by molar-refractivity contribution is -0.151. The van der Waals surface area contributed by atoms with E-state index < -0.39 is 12.0 Å². The highest BCUT2D eigenvalue weighted by molar-refractivity contribution is 5.95. The summed E-state index contributed by atoms with van der Waals surface area (Å²) < 4.78 is 0. The second-order valence-electron chi connectivity index (χ2n) is 9.03. The smallest absolute Gasteiger partial charge is 0.303 e. The third-order valence-electron chi connectivity index (χ3n) is 6.74. The SMILES string of the molecule is N=C(N)c1ccc(CNC(=O)[C@@H]2CCN2C(=O)[C@H](CCC(=O)O)CC2CCCCC2)cc1. The highest BCUT2D eigenvalue weighted by Crippen LogP contribution is 2.33. The van der Waals surface area contributed by atoms with Crippen LogP contribution < -0.4 is 11.1 Å². The van der Waals surface area contributed by atoms with Crippen LogP contribution in [0.1, 0.15) is 68.9 Å². The molecule has 8 heteroatoms. The van der Waals surface area contributed by atoms with E-state index in [1.807, 2.05) is 12.1 Å². The maximum atomic E-state index is 13.2. The number of benzene rings is 1. The van der Waals surface area contributed by atoms with Gasteiger partial charge in [-0.25, -0.2) is 0 Å². The van der Waals surface area contributed by atoms with Crippen LogP contribution in [0.4, 0.5) is 0 Å². The van der Waals surface area contributed by atoms with E-state index in [0.29, 0.717) is 37.4 Å². The van der Waals surface area contributed by atoms with Crippen LogP contribution in [0.2, 0.25) is 0 Å². The Bertz CT molecular complexity index is 833. The molecule has 2 atom stereocenters. The Morgan fingerprint density at radius 3 is 2.38 bits per heavy atom. The summed E-state index contributed by atoms with van der Waals surface area (Å²) in [5.74, 6) is -1.01. The van der Waals surface area contributed by atoms with E-state index in [4.69, 9.17) is 16.2 Å². The van der Waals surface area contributed by atoms with Crippen molar-refractivity contribution in [2.24, 2.45) is 17.6 Å². The molecule has 5 N–H and O–H groups in total. The molecule has 8 nitrogen and oxygen atoms in total. The van der Waals surface area contributed by atoms with Crippen LogP contribution in [0, 0.1) is 17.2 Å². The number of amides is 2. The number of likely N-dealkylation sites (tertiary alicyclic amines) is 1. The molecule has 1 heterocycles. The van der Waals surface area contributed by atoms with E-state index in [1.54, 1.807) is 17.0 Å². The minimum absolute atomic E-state index is 0.00473. The van der Waals surface area contributed by atoms with Gasteiger partial charge in [-0.3, -0.25) is 19.8 Å². The van der Waals surface area contributed by atoms with Gasteiger partial charge in [-0.1, -0.05) is 56.4 Å². The normalized spacial score (nSPS) is 19.6. The van der Waals surface area contributed by atoms with Gasteiger partial charge in [0.1, 0.15) is 11.9 Å². The summed E-state index contributed by atoms with van der Waals surface area (Å²) in [7, 11) is 0. The molecule has 174 valence electrons.